The van der Waals surface area contributed by atoms with Crippen LogP contribution in [-0.4, -0.2) is 59.8 Å². The highest BCUT2D eigenvalue weighted by molar-refractivity contribution is 5.92. The largest absolute Gasteiger partial charge is 0.401 e. The van der Waals surface area contributed by atoms with E-state index in [-0.39, 0.29) is 23.7 Å². The molecule has 1 saturated carbocycles. The number of nitrogens with zero attached hydrogens (tertiary/aromatic N) is 6. The Morgan fingerprint density at radius 1 is 1.21 bits per heavy atom. The molecule has 0 unspecified atom stereocenters. The lowest BCUT2D eigenvalue weighted by Gasteiger charge is -2.30. The van der Waals surface area contributed by atoms with Crippen molar-refractivity contribution in [2.45, 2.75) is 43.9 Å². The standard InChI is InChI=1S/C17H19F3N8O/c18-17(19,20)8-22-11-1-3-12(4-2-11)25-16(29)13-7-28-14(23-9-24-28)15(26-13)27-6-5-21-10-27/h5-7,9-12,22H,1-4,8H2,(H,25,29). The number of hydrogen-bond donors (Lipinski definition) is 2. The minimum absolute atomic E-state index is 0.114. The summed E-state index contributed by atoms with van der Waals surface area (Å²) in [4.78, 5) is 25.3. The molecule has 0 atom stereocenters. The van der Waals surface area contributed by atoms with Gasteiger partial charge in [-0.2, -0.15) is 18.3 Å². The highest BCUT2D eigenvalue weighted by Crippen LogP contribution is 2.21. The van der Waals surface area contributed by atoms with Gasteiger partial charge in [0.15, 0.2) is 11.5 Å². The summed E-state index contributed by atoms with van der Waals surface area (Å²) in [6.07, 6.45) is 5.80. The molecule has 2 N–H and O–H groups in total. The number of amides is 1. The molecule has 0 spiro atoms. The highest BCUT2D eigenvalue weighted by atomic mass is 19.4. The molecule has 1 fully saturated rings. The van der Waals surface area contributed by atoms with Gasteiger partial charge in [-0.15, -0.1) is 0 Å². The second-order valence-electron chi connectivity index (χ2n) is 6.97. The summed E-state index contributed by atoms with van der Waals surface area (Å²) < 4.78 is 40.1. The van der Waals surface area contributed by atoms with Crippen molar-refractivity contribution in [1.82, 2.24) is 39.8 Å². The van der Waals surface area contributed by atoms with Gasteiger partial charge < -0.3 is 10.6 Å². The minimum atomic E-state index is -4.22. The maximum atomic E-state index is 12.7. The third kappa shape index (κ3) is 4.53. The van der Waals surface area contributed by atoms with Gasteiger partial charge in [-0.05, 0) is 25.7 Å². The maximum Gasteiger partial charge on any atom is 0.401 e. The normalized spacial score (nSPS) is 20.1. The van der Waals surface area contributed by atoms with E-state index in [1.165, 1.54) is 17.0 Å². The highest BCUT2D eigenvalue weighted by Gasteiger charge is 2.30. The van der Waals surface area contributed by atoms with Crippen LogP contribution >= 0.6 is 0 Å². The van der Waals surface area contributed by atoms with Crippen LogP contribution in [0.5, 0.6) is 0 Å². The van der Waals surface area contributed by atoms with Crippen molar-refractivity contribution < 1.29 is 18.0 Å². The molecule has 1 amide bonds. The Hall–Kier alpha value is -3.02. The molecule has 3 aromatic rings. The van der Waals surface area contributed by atoms with Crippen molar-refractivity contribution in [3.8, 4) is 5.82 Å². The monoisotopic (exact) mass is 408 g/mol. The first-order chi connectivity index (χ1) is 13.9. The first kappa shape index (κ1) is 19.3. The molecule has 4 rings (SSSR count). The quantitative estimate of drug-likeness (QED) is 0.664. The van der Waals surface area contributed by atoms with Crippen LogP contribution < -0.4 is 10.6 Å². The van der Waals surface area contributed by atoms with Crippen molar-refractivity contribution in [3.05, 3.63) is 36.9 Å². The maximum absolute atomic E-state index is 12.7. The summed E-state index contributed by atoms with van der Waals surface area (Å²) in [7, 11) is 0. The minimum Gasteiger partial charge on any atom is -0.348 e. The predicted octanol–water partition coefficient (Wildman–Crippen LogP) is 1.50. The lowest BCUT2D eigenvalue weighted by molar-refractivity contribution is -0.126. The molecule has 9 nitrogen and oxygen atoms in total. The second-order valence-corrected chi connectivity index (χ2v) is 6.97. The molecule has 0 aromatic carbocycles. The summed E-state index contributed by atoms with van der Waals surface area (Å²) in [5.41, 5.74) is 0.653. The van der Waals surface area contributed by atoms with E-state index < -0.39 is 12.7 Å². The summed E-state index contributed by atoms with van der Waals surface area (Å²) in [6, 6.07) is -0.307. The zero-order valence-electron chi connectivity index (χ0n) is 15.3. The molecular weight excluding hydrogens is 389 g/mol. The molecule has 3 aromatic heterocycles. The van der Waals surface area contributed by atoms with E-state index in [0.29, 0.717) is 37.1 Å². The molecule has 154 valence electrons. The molecule has 0 radical (unpaired) electrons. The first-order valence-electron chi connectivity index (χ1n) is 9.19. The average Bonchev–Trinajstić information content (AvgIpc) is 3.37. The number of fused-ring (bicyclic) bond motifs is 1. The van der Waals surface area contributed by atoms with Crippen molar-refractivity contribution in [2.24, 2.45) is 0 Å². The Bertz CT molecular complexity index is 976. The Kier molecular flexibility index (Phi) is 5.18. The Balaban J connectivity index is 1.41. The number of rotatable bonds is 5. The van der Waals surface area contributed by atoms with Gasteiger partial charge in [0.05, 0.1) is 12.7 Å². The molecule has 0 bridgehead atoms. The summed E-state index contributed by atoms with van der Waals surface area (Å²) in [5.74, 6) is 0.0585. The lowest BCUT2D eigenvalue weighted by atomic mass is 9.91. The summed E-state index contributed by atoms with van der Waals surface area (Å²) in [5, 5.41) is 9.53. The van der Waals surface area contributed by atoms with Gasteiger partial charge in [0.2, 0.25) is 0 Å². The second kappa shape index (κ2) is 7.78. The van der Waals surface area contributed by atoms with Crippen molar-refractivity contribution in [3.63, 3.8) is 0 Å². The molecule has 1 aliphatic carbocycles. The van der Waals surface area contributed by atoms with Gasteiger partial charge in [-0.3, -0.25) is 9.36 Å². The van der Waals surface area contributed by atoms with Crippen molar-refractivity contribution in [2.75, 3.05) is 6.54 Å². The van der Waals surface area contributed by atoms with Crippen LogP contribution in [0.15, 0.2) is 31.2 Å². The Morgan fingerprint density at radius 2 is 1.97 bits per heavy atom. The molecule has 12 heteroatoms. The fraction of sp³-hybridized carbons (Fsp3) is 0.471. The predicted molar refractivity (Wildman–Crippen MR) is 95.5 cm³/mol. The Labute approximate surface area is 163 Å². The molecule has 1 aliphatic rings. The number of hydrogen-bond acceptors (Lipinski definition) is 6. The molecular formula is C17H19F3N8O. The first-order valence-corrected chi connectivity index (χ1v) is 9.19. The lowest BCUT2D eigenvalue weighted by Crippen LogP contribution is -2.44. The van der Waals surface area contributed by atoms with E-state index in [0.717, 1.165) is 0 Å². The fourth-order valence-electron chi connectivity index (χ4n) is 3.44. The van der Waals surface area contributed by atoms with Gasteiger partial charge in [-0.1, -0.05) is 0 Å². The van der Waals surface area contributed by atoms with Gasteiger partial charge in [0, 0.05) is 24.5 Å². The van der Waals surface area contributed by atoms with Crippen molar-refractivity contribution >= 4 is 11.6 Å². The number of halogens is 3. The van der Waals surface area contributed by atoms with Gasteiger partial charge in [-0.25, -0.2) is 19.5 Å². The average molecular weight is 408 g/mol. The number of aromatic nitrogens is 6. The van der Waals surface area contributed by atoms with Crippen LogP contribution in [0.3, 0.4) is 0 Å². The summed E-state index contributed by atoms with van der Waals surface area (Å²) in [6.45, 7) is -0.993. The van der Waals surface area contributed by atoms with E-state index in [2.05, 4.69) is 30.7 Å². The van der Waals surface area contributed by atoms with E-state index in [1.54, 1.807) is 23.3 Å². The van der Waals surface area contributed by atoms with Crippen LogP contribution in [0.2, 0.25) is 0 Å². The van der Waals surface area contributed by atoms with Crippen LogP contribution in [0.1, 0.15) is 36.2 Å². The van der Waals surface area contributed by atoms with Crippen LogP contribution in [0, 0.1) is 0 Å². The van der Waals surface area contributed by atoms with Gasteiger partial charge >= 0.3 is 6.18 Å². The molecule has 3 heterocycles. The van der Waals surface area contributed by atoms with Gasteiger partial charge in [0.25, 0.3) is 5.91 Å². The molecule has 29 heavy (non-hydrogen) atoms. The van der Waals surface area contributed by atoms with E-state index >= 15 is 0 Å². The topological polar surface area (TPSA) is 102 Å². The zero-order valence-corrected chi connectivity index (χ0v) is 15.3. The third-order valence-corrected chi connectivity index (χ3v) is 4.88. The summed E-state index contributed by atoms with van der Waals surface area (Å²) >= 11 is 0. The SMILES string of the molecule is O=C(NC1CCC(NCC(F)(F)F)CC1)c1cn2ncnc2c(-n2ccnc2)n1. The third-order valence-electron chi connectivity index (χ3n) is 4.88. The fourth-order valence-corrected chi connectivity index (χ4v) is 3.44. The van der Waals surface area contributed by atoms with Crippen molar-refractivity contribution in [1.29, 1.82) is 0 Å². The Morgan fingerprint density at radius 3 is 2.66 bits per heavy atom. The molecule has 0 aliphatic heterocycles. The number of carbonyl (C=O) groups is 1. The smallest absolute Gasteiger partial charge is 0.348 e. The number of alkyl halides is 3. The number of imidazole rings is 1. The van der Waals surface area contributed by atoms with Gasteiger partial charge in [0.1, 0.15) is 18.3 Å². The zero-order chi connectivity index (χ0) is 20.4. The van der Waals surface area contributed by atoms with E-state index in [9.17, 15) is 18.0 Å². The molecule has 0 saturated heterocycles. The van der Waals surface area contributed by atoms with Crippen LogP contribution in [-0.2, 0) is 0 Å². The number of nitrogens with one attached hydrogen (secondary N) is 2. The van der Waals surface area contributed by atoms with Crippen LogP contribution in [0.4, 0.5) is 13.2 Å². The van der Waals surface area contributed by atoms with Crippen LogP contribution in [0.25, 0.3) is 11.5 Å². The number of carbonyl (C=O) groups excluding carboxylic acids is 1. The van der Waals surface area contributed by atoms with E-state index in [1.807, 2.05) is 0 Å². The van der Waals surface area contributed by atoms with E-state index in [4.69, 9.17) is 0 Å².